The Bertz CT molecular complexity index is 528. The van der Waals surface area contributed by atoms with E-state index in [0.717, 1.165) is 44.9 Å². The van der Waals surface area contributed by atoms with Crippen molar-refractivity contribution in [1.29, 1.82) is 0 Å². The molecule has 0 aromatic rings. The van der Waals surface area contributed by atoms with Crippen molar-refractivity contribution in [2.24, 2.45) is 0 Å². The van der Waals surface area contributed by atoms with E-state index in [4.69, 9.17) is 5.11 Å². The fourth-order valence-corrected chi connectivity index (χ4v) is 1.97. The van der Waals surface area contributed by atoms with E-state index in [2.05, 4.69) is 49.7 Å². The highest BCUT2D eigenvalue weighted by Crippen LogP contribution is 2.06. The molecule has 0 aromatic carbocycles. The molecule has 1 N–H and O–H groups in total. The van der Waals surface area contributed by atoms with Crippen LogP contribution in [0.2, 0.25) is 0 Å². The van der Waals surface area contributed by atoms with Gasteiger partial charge in [-0.1, -0.05) is 23.3 Å². The number of carbonyl (C=O) groups is 1. The van der Waals surface area contributed by atoms with Crippen LogP contribution >= 0.6 is 0 Å². The molecule has 0 spiro atoms. The van der Waals surface area contributed by atoms with Gasteiger partial charge >= 0.3 is 0 Å². The predicted molar refractivity (Wildman–Crippen MR) is 114 cm³/mol. The van der Waals surface area contributed by atoms with Crippen molar-refractivity contribution in [3.63, 3.8) is 0 Å². The third-order valence-corrected chi connectivity index (χ3v) is 3.48. The molecule has 26 heavy (non-hydrogen) atoms. The zero-order chi connectivity index (χ0) is 19.3. The van der Waals surface area contributed by atoms with Crippen LogP contribution in [0.15, 0.2) is 23.3 Å². The van der Waals surface area contributed by atoms with Gasteiger partial charge in [-0.15, -0.1) is 23.7 Å². The molecule has 3 heteroatoms. The molecule has 0 aliphatic heterocycles. The van der Waals surface area contributed by atoms with Crippen molar-refractivity contribution in [3.05, 3.63) is 23.3 Å². The maximum absolute atomic E-state index is 10.7. The van der Waals surface area contributed by atoms with Crippen molar-refractivity contribution < 1.29 is 16.0 Å². The minimum Gasteiger partial charge on any atom is -0.396 e. The highest BCUT2D eigenvalue weighted by molar-refractivity contribution is 5.75. The summed E-state index contributed by atoms with van der Waals surface area (Å²) in [6, 6.07) is 0. The molecule has 0 atom stereocenters. The van der Waals surface area contributed by atoms with Gasteiger partial charge in [0.1, 0.15) is 5.78 Å². The van der Waals surface area contributed by atoms with Crippen LogP contribution in [0.5, 0.6) is 0 Å². The number of allylic oxidation sites excluding steroid dienone is 4. The summed E-state index contributed by atoms with van der Waals surface area (Å²) in [4.78, 5) is 10.7. The van der Waals surface area contributed by atoms with Crippen molar-refractivity contribution in [2.75, 3.05) is 6.61 Å². The number of hydrogen-bond donors (Lipinski definition) is 1. The molecule has 150 valence electrons. The quantitative estimate of drug-likeness (QED) is 0.291. The molecule has 2 nitrogen and oxygen atoms in total. The fourth-order valence-electron chi connectivity index (χ4n) is 1.97. The molecule has 0 bridgehead atoms. The largest absolute Gasteiger partial charge is 0.396 e. The first-order valence-electron chi connectivity index (χ1n) is 9.18. The molecule has 0 saturated heterocycles. The minimum atomic E-state index is 0. The first-order chi connectivity index (χ1) is 12.0. The first-order valence-corrected chi connectivity index (χ1v) is 9.18. The van der Waals surface area contributed by atoms with Crippen LogP contribution in [0, 0.1) is 23.7 Å². The van der Waals surface area contributed by atoms with Crippen LogP contribution in [-0.4, -0.2) is 17.5 Å². The van der Waals surface area contributed by atoms with Gasteiger partial charge in [0.25, 0.3) is 0 Å². The Labute approximate surface area is 162 Å². The number of carbonyl (C=O) groups excluding carboxylic acids is 1. The first kappa shape index (κ1) is 28.9. The Hall–Kier alpha value is -1.84. The number of unbranched alkanes of at least 4 members (excludes halogenated alkanes) is 2. The second-order valence-corrected chi connectivity index (χ2v) is 6.06. The number of aliphatic hydroxyl groups excluding tert-OH is 1. The van der Waals surface area contributed by atoms with E-state index in [0.29, 0.717) is 13.0 Å². The Morgan fingerprint density at radius 2 is 1.35 bits per heavy atom. The Kier molecular flexibility index (Phi) is 25.8. The lowest BCUT2D eigenvalue weighted by atomic mass is 10.1. The van der Waals surface area contributed by atoms with Gasteiger partial charge in [-0.25, -0.2) is 0 Å². The summed E-state index contributed by atoms with van der Waals surface area (Å²) in [6.07, 6.45) is 11.8. The predicted octanol–water partition coefficient (Wildman–Crippen LogP) is 6.01. The lowest BCUT2D eigenvalue weighted by Gasteiger charge is -1.97. The lowest BCUT2D eigenvalue weighted by Crippen LogP contribution is -1.89. The number of aliphatic hydroxyl groups is 1. The van der Waals surface area contributed by atoms with Gasteiger partial charge in [-0.2, -0.15) is 0 Å². The monoisotopic (exact) mass is 367 g/mol. The van der Waals surface area contributed by atoms with Crippen LogP contribution < -0.4 is 0 Å². The number of ketones is 1. The standard InChI is InChI=1S/C12H18O.C11H18O.FH.H2/c1-4-5-6-7-8-11(2)9-10-12(3)13;1-3-4-5-6-8-11(2)9-7-10-12;;/h8H,6-7,9-10H2,1-3H3;8,12H,5-7,9-10H2,1-2H3;2*1H/b2*11-8+;;/i;;;1+1. The zero-order valence-electron chi connectivity index (χ0n) is 17.3. The molecular weight excluding hydrogens is 327 g/mol. The van der Waals surface area contributed by atoms with E-state index in [1.165, 1.54) is 11.1 Å². The molecule has 0 aliphatic rings. The summed E-state index contributed by atoms with van der Waals surface area (Å²) >= 11 is 0. The van der Waals surface area contributed by atoms with Gasteiger partial charge in [-0.05, 0) is 66.7 Å². The molecule has 0 rings (SSSR count). The summed E-state index contributed by atoms with van der Waals surface area (Å²) in [5.74, 6) is 12.0. The van der Waals surface area contributed by atoms with Crippen molar-refractivity contribution in [1.82, 2.24) is 0 Å². The van der Waals surface area contributed by atoms with Gasteiger partial charge in [-0.3, -0.25) is 4.70 Å². The van der Waals surface area contributed by atoms with Crippen LogP contribution in [-0.2, 0) is 4.79 Å². The summed E-state index contributed by atoms with van der Waals surface area (Å²) in [7, 11) is 0. The molecule has 0 amide bonds. The van der Waals surface area contributed by atoms with E-state index in [1.807, 2.05) is 13.8 Å². The maximum atomic E-state index is 10.7. The topological polar surface area (TPSA) is 37.3 Å². The average molecular weight is 368 g/mol. The van der Waals surface area contributed by atoms with Crippen LogP contribution in [0.25, 0.3) is 0 Å². The summed E-state index contributed by atoms with van der Waals surface area (Å²) in [5.41, 5.74) is 2.66. The minimum absolute atomic E-state index is 0. The van der Waals surface area contributed by atoms with Gasteiger partial charge in [0.2, 0.25) is 0 Å². The second-order valence-electron chi connectivity index (χ2n) is 6.06. The molecular formula is C23H39FO2. The van der Waals surface area contributed by atoms with Crippen molar-refractivity contribution in [2.45, 2.75) is 86.0 Å². The summed E-state index contributed by atoms with van der Waals surface area (Å²) in [6.45, 7) is 9.82. The number of halogens is 1. The van der Waals surface area contributed by atoms with Gasteiger partial charge in [0.15, 0.2) is 0 Å². The van der Waals surface area contributed by atoms with Gasteiger partial charge < -0.3 is 9.90 Å². The molecule has 0 aliphatic carbocycles. The van der Waals surface area contributed by atoms with E-state index >= 15 is 0 Å². The highest BCUT2D eigenvalue weighted by Gasteiger charge is 1.94. The summed E-state index contributed by atoms with van der Waals surface area (Å²) < 4.78 is 0. The fraction of sp³-hybridized carbons (Fsp3) is 0.609. The summed E-state index contributed by atoms with van der Waals surface area (Å²) in [5, 5.41) is 8.58. The Balaban J connectivity index is -0.000000183. The van der Waals surface area contributed by atoms with E-state index in [-0.39, 0.29) is 11.9 Å². The third kappa shape index (κ3) is 27.0. The third-order valence-electron chi connectivity index (χ3n) is 3.48. The van der Waals surface area contributed by atoms with E-state index in [9.17, 15) is 4.79 Å². The zero-order valence-corrected chi connectivity index (χ0v) is 17.3. The Morgan fingerprint density at radius 3 is 1.73 bits per heavy atom. The number of rotatable bonds is 10. The van der Waals surface area contributed by atoms with Crippen molar-refractivity contribution >= 4 is 5.78 Å². The molecule has 0 aromatic heterocycles. The average Bonchev–Trinajstić information content (AvgIpc) is 2.59. The maximum Gasteiger partial charge on any atom is 0.130 e. The normalized spacial score (nSPS) is 10.2. The molecule has 0 saturated carbocycles. The second kappa shape index (κ2) is 23.2. The SMILES string of the molecule is CC#CCC/C=C(\C)CCC(C)=O.CC#CCC/C=C(\C)CCCO.F.[2HH]. The lowest BCUT2D eigenvalue weighted by molar-refractivity contribution is -0.116. The number of hydrogen-bond acceptors (Lipinski definition) is 2. The molecule has 0 radical (unpaired) electrons. The van der Waals surface area contributed by atoms with Crippen LogP contribution in [0.4, 0.5) is 4.70 Å². The highest BCUT2D eigenvalue weighted by atomic mass is 19.0. The van der Waals surface area contributed by atoms with Crippen LogP contribution in [0.3, 0.4) is 0 Å². The molecule has 0 fully saturated rings. The number of Topliss-reactive ketones (excluding diaryl/α,β-unsaturated/α-hetero) is 1. The van der Waals surface area contributed by atoms with Crippen LogP contribution in [0.1, 0.15) is 87.4 Å². The molecule has 0 heterocycles. The van der Waals surface area contributed by atoms with E-state index < -0.39 is 0 Å². The molecule has 0 unspecified atom stereocenters. The van der Waals surface area contributed by atoms with E-state index in [1.54, 1.807) is 6.92 Å². The smallest absolute Gasteiger partial charge is 0.130 e. The van der Waals surface area contributed by atoms with Gasteiger partial charge in [0, 0.05) is 27.3 Å². The van der Waals surface area contributed by atoms with Crippen molar-refractivity contribution in [3.8, 4) is 23.7 Å². The Morgan fingerprint density at radius 1 is 0.885 bits per heavy atom. The van der Waals surface area contributed by atoms with Gasteiger partial charge in [0.05, 0.1) is 0 Å².